The molecule has 1 saturated heterocycles. The van der Waals surface area contributed by atoms with Crippen LogP contribution in [0.15, 0.2) is 35.2 Å². The number of hydrogen-bond acceptors (Lipinski definition) is 6. The molecule has 10 heteroatoms. The standard InChI is InChI=1S/C26H30F2N2O5S/c1-16(25(27)28)35-24-6-5-20(36(2,32)33)13-22(24)26(31)30-14-18-11-21(17-3-4-17)23(12-19(18)15-30)29-7-9-34-10-8-29/h5-6,11-13,16-17,25H,3-4,7-10,14-15H2,1-2H3/t16-/m0/s1. The monoisotopic (exact) mass is 520 g/mol. The van der Waals surface area contributed by atoms with Crippen LogP contribution in [-0.4, -0.2) is 64.3 Å². The fraction of sp³-hybridized carbons (Fsp3) is 0.500. The highest BCUT2D eigenvalue weighted by molar-refractivity contribution is 7.90. The summed E-state index contributed by atoms with van der Waals surface area (Å²) in [6.07, 6.45) is -0.858. The van der Waals surface area contributed by atoms with Crippen molar-refractivity contribution < 1.29 is 31.5 Å². The van der Waals surface area contributed by atoms with Gasteiger partial charge >= 0.3 is 0 Å². The molecule has 1 atom stereocenters. The minimum Gasteiger partial charge on any atom is -0.484 e. The first kappa shape index (κ1) is 25.0. The third kappa shape index (κ3) is 5.06. The fourth-order valence-corrected chi connectivity index (χ4v) is 5.48. The van der Waals surface area contributed by atoms with Crippen molar-refractivity contribution in [3.05, 3.63) is 52.6 Å². The van der Waals surface area contributed by atoms with Gasteiger partial charge in [0.1, 0.15) is 5.75 Å². The van der Waals surface area contributed by atoms with Gasteiger partial charge in [0.25, 0.3) is 12.3 Å². The SMILES string of the molecule is C[C@H](Oc1ccc(S(C)(=O)=O)cc1C(=O)N1Cc2cc(C3CC3)c(N3CCOCC3)cc2C1)C(F)F. The molecule has 0 aromatic heterocycles. The summed E-state index contributed by atoms with van der Waals surface area (Å²) in [5, 5.41) is 0. The molecule has 2 aliphatic heterocycles. The number of benzene rings is 2. The van der Waals surface area contributed by atoms with Crippen LogP contribution in [0, 0.1) is 0 Å². The fourth-order valence-electron chi connectivity index (χ4n) is 4.83. The van der Waals surface area contributed by atoms with E-state index < -0.39 is 28.3 Å². The van der Waals surface area contributed by atoms with E-state index in [1.165, 1.54) is 36.4 Å². The molecule has 2 aromatic rings. The minimum absolute atomic E-state index is 0.0333. The van der Waals surface area contributed by atoms with E-state index in [1.807, 2.05) is 0 Å². The molecule has 2 aromatic carbocycles. The Balaban J connectivity index is 1.46. The van der Waals surface area contributed by atoms with E-state index in [-0.39, 0.29) is 16.2 Å². The molecular formula is C26H30F2N2O5S. The molecule has 0 radical (unpaired) electrons. The minimum atomic E-state index is -3.61. The zero-order chi connectivity index (χ0) is 25.6. The summed E-state index contributed by atoms with van der Waals surface area (Å²) in [5.41, 5.74) is 4.57. The zero-order valence-electron chi connectivity index (χ0n) is 20.4. The predicted molar refractivity (Wildman–Crippen MR) is 131 cm³/mol. The van der Waals surface area contributed by atoms with Crippen LogP contribution < -0.4 is 9.64 Å². The number of alkyl halides is 2. The molecule has 5 rings (SSSR count). The van der Waals surface area contributed by atoms with Crippen molar-refractivity contribution in [3.63, 3.8) is 0 Å². The second kappa shape index (κ2) is 9.63. The number of amides is 1. The molecule has 36 heavy (non-hydrogen) atoms. The van der Waals surface area contributed by atoms with Gasteiger partial charge in [-0.25, -0.2) is 17.2 Å². The van der Waals surface area contributed by atoms with Crippen LogP contribution in [0.25, 0.3) is 0 Å². The van der Waals surface area contributed by atoms with Crippen LogP contribution >= 0.6 is 0 Å². The van der Waals surface area contributed by atoms with Crippen molar-refractivity contribution in [1.29, 1.82) is 0 Å². The second-order valence-corrected chi connectivity index (χ2v) is 11.8. The number of carbonyl (C=O) groups excluding carboxylic acids is 1. The van der Waals surface area contributed by atoms with E-state index in [2.05, 4.69) is 17.0 Å². The average Bonchev–Trinajstić information content (AvgIpc) is 3.61. The van der Waals surface area contributed by atoms with Crippen LogP contribution in [-0.2, 0) is 27.7 Å². The maximum absolute atomic E-state index is 13.6. The zero-order valence-corrected chi connectivity index (χ0v) is 21.2. The average molecular weight is 521 g/mol. The highest BCUT2D eigenvalue weighted by Crippen LogP contribution is 2.46. The molecule has 7 nitrogen and oxygen atoms in total. The lowest BCUT2D eigenvalue weighted by atomic mass is 10.00. The topological polar surface area (TPSA) is 76.2 Å². The van der Waals surface area contributed by atoms with Gasteiger partial charge in [0.05, 0.1) is 23.7 Å². The molecule has 0 bridgehead atoms. The molecule has 0 unspecified atom stereocenters. The number of halogens is 2. The summed E-state index contributed by atoms with van der Waals surface area (Å²) < 4.78 is 61.5. The van der Waals surface area contributed by atoms with Crippen molar-refractivity contribution in [1.82, 2.24) is 4.90 Å². The number of nitrogens with zero attached hydrogens (tertiary/aromatic N) is 2. The summed E-state index contributed by atoms with van der Waals surface area (Å²) in [6.45, 7) is 4.94. The molecule has 1 amide bonds. The predicted octanol–water partition coefficient (Wildman–Crippen LogP) is 3.99. The smallest absolute Gasteiger partial charge is 0.274 e. The van der Waals surface area contributed by atoms with Crippen molar-refractivity contribution in [2.24, 2.45) is 0 Å². The van der Waals surface area contributed by atoms with Gasteiger partial charge in [0.2, 0.25) is 0 Å². The summed E-state index contributed by atoms with van der Waals surface area (Å²) >= 11 is 0. The van der Waals surface area contributed by atoms with Crippen molar-refractivity contribution >= 4 is 21.4 Å². The molecule has 3 aliphatic rings. The van der Waals surface area contributed by atoms with Crippen LogP contribution in [0.1, 0.15) is 52.7 Å². The summed E-state index contributed by atoms with van der Waals surface area (Å²) in [6, 6.07) is 8.16. The van der Waals surface area contributed by atoms with E-state index in [1.54, 1.807) is 4.90 Å². The van der Waals surface area contributed by atoms with Gasteiger partial charge in [-0.05, 0) is 66.6 Å². The largest absolute Gasteiger partial charge is 0.484 e. The number of rotatable bonds is 7. The summed E-state index contributed by atoms with van der Waals surface area (Å²) in [7, 11) is -3.61. The summed E-state index contributed by atoms with van der Waals surface area (Å²) in [4.78, 5) is 17.5. The Morgan fingerprint density at radius 3 is 2.36 bits per heavy atom. The number of sulfone groups is 1. The van der Waals surface area contributed by atoms with Gasteiger partial charge in [-0.15, -0.1) is 0 Å². The lowest BCUT2D eigenvalue weighted by Crippen LogP contribution is -2.36. The molecular weight excluding hydrogens is 490 g/mol. The molecule has 1 aliphatic carbocycles. The van der Waals surface area contributed by atoms with Gasteiger partial charge in [-0.3, -0.25) is 4.79 Å². The second-order valence-electron chi connectivity index (χ2n) is 9.80. The Morgan fingerprint density at radius 2 is 1.75 bits per heavy atom. The van der Waals surface area contributed by atoms with Crippen LogP contribution in [0.3, 0.4) is 0 Å². The Labute approximate surface area is 209 Å². The maximum Gasteiger partial charge on any atom is 0.274 e. The molecule has 1 saturated carbocycles. The van der Waals surface area contributed by atoms with E-state index in [4.69, 9.17) is 9.47 Å². The lowest BCUT2D eigenvalue weighted by molar-refractivity contribution is 0.0216. The molecule has 0 spiro atoms. The van der Waals surface area contributed by atoms with Gasteiger partial charge in [0.15, 0.2) is 15.9 Å². The van der Waals surface area contributed by atoms with Crippen LogP contribution in [0.2, 0.25) is 0 Å². The highest BCUT2D eigenvalue weighted by atomic mass is 32.2. The number of ether oxygens (including phenoxy) is 2. The van der Waals surface area contributed by atoms with Gasteiger partial charge in [-0.2, -0.15) is 0 Å². The Bertz CT molecular complexity index is 1270. The maximum atomic E-state index is 13.6. The Kier molecular flexibility index (Phi) is 6.67. The number of anilines is 1. The van der Waals surface area contributed by atoms with E-state index in [0.29, 0.717) is 32.2 Å². The normalized spacial score (nSPS) is 18.9. The third-order valence-corrected chi connectivity index (χ3v) is 8.12. The van der Waals surface area contributed by atoms with Gasteiger partial charge < -0.3 is 19.3 Å². The molecule has 194 valence electrons. The first-order chi connectivity index (χ1) is 17.1. The first-order valence-corrected chi connectivity index (χ1v) is 14.1. The molecule has 0 N–H and O–H groups in total. The molecule has 2 fully saturated rings. The Hall–Kier alpha value is -2.72. The lowest BCUT2D eigenvalue weighted by Gasteiger charge is -2.31. The van der Waals surface area contributed by atoms with Crippen LogP contribution in [0.4, 0.5) is 14.5 Å². The number of hydrogen-bond donors (Lipinski definition) is 0. The Morgan fingerprint density at radius 1 is 1.08 bits per heavy atom. The van der Waals surface area contributed by atoms with Crippen molar-refractivity contribution in [2.45, 2.75) is 56.2 Å². The highest BCUT2D eigenvalue weighted by Gasteiger charge is 2.33. The van der Waals surface area contributed by atoms with Gasteiger partial charge in [0, 0.05) is 38.1 Å². The first-order valence-electron chi connectivity index (χ1n) is 12.2. The van der Waals surface area contributed by atoms with E-state index in [0.717, 1.165) is 43.3 Å². The summed E-state index contributed by atoms with van der Waals surface area (Å²) in [5.74, 6) is 0.0260. The quantitative estimate of drug-likeness (QED) is 0.550. The van der Waals surface area contributed by atoms with Crippen molar-refractivity contribution in [3.8, 4) is 5.75 Å². The van der Waals surface area contributed by atoms with E-state index >= 15 is 0 Å². The van der Waals surface area contributed by atoms with E-state index in [9.17, 15) is 22.0 Å². The third-order valence-electron chi connectivity index (χ3n) is 7.00. The number of carbonyl (C=O) groups is 1. The van der Waals surface area contributed by atoms with Gasteiger partial charge in [-0.1, -0.05) is 6.07 Å². The van der Waals surface area contributed by atoms with Crippen molar-refractivity contribution in [2.75, 3.05) is 37.5 Å². The number of morpholine rings is 1. The molecule has 2 heterocycles. The van der Waals surface area contributed by atoms with Crippen LogP contribution in [0.5, 0.6) is 5.75 Å². The number of fused-ring (bicyclic) bond motifs is 1.